The van der Waals surface area contributed by atoms with Crippen molar-refractivity contribution in [1.82, 2.24) is 0 Å². The second kappa shape index (κ2) is 6.53. The lowest BCUT2D eigenvalue weighted by atomic mass is 10.1. The first-order valence-electron chi connectivity index (χ1n) is 7.74. The zero-order valence-electron chi connectivity index (χ0n) is 13.6. The van der Waals surface area contributed by atoms with E-state index in [9.17, 15) is 9.59 Å². The Kier molecular flexibility index (Phi) is 4.44. The van der Waals surface area contributed by atoms with Crippen molar-refractivity contribution >= 4 is 39.9 Å². The quantitative estimate of drug-likeness (QED) is 0.663. The maximum atomic E-state index is 12.9. The first-order chi connectivity index (χ1) is 11.5. The molecule has 0 saturated carbocycles. The number of aryl methyl sites for hydroxylation is 1. The van der Waals surface area contributed by atoms with Crippen LogP contribution in [0, 0.1) is 0 Å². The summed E-state index contributed by atoms with van der Waals surface area (Å²) >= 11 is 0.981. The van der Waals surface area contributed by atoms with E-state index in [-0.39, 0.29) is 11.1 Å². The van der Waals surface area contributed by atoms with E-state index >= 15 is 0 Å². The molecule has 1 aliphatic rings. The number of hydrogen-bond acceptors (Lipinski definition) is 4. The monoisotopic (exact) mass is 338 g/mol. The molecule has 1 heterocycles. The molecule has 0 spiro atoms. The Balaban J connectivity index is 2.05. The molecule has 1 fully saturated rings. The largest absolute Gasteiger partial charge is 0.399 e. The van der Waals surface area contributed by atoms with Crippen LogP contribution in [0.25, 0.3) is 5.57 Å². The average Bonchev–Trinajstić information content (AvgIpc) is 2.88. The van der Waals surface area contributed by atoms with E-state index in [1.54, 1.807) is 6.07 Å². The minimum Gasteiger partial charge on any atom is -0.399 e. The number of nitrogens with two attached hydrogens (primary N) is 1. The Morgan fingerprint density at radius 1 is 1.12 bits per heavy atom. The Morgan fingerprint density at radius 3 is 2.58 bits per heavy atom. The zero-order valence-corrected chi connectivity index (χ0v) is 14.4. The van der Waals surface area contributed by atoms with Crippen LogP contribution in [-0.4, -0.2) is 11.1 Å². The highest BCUT2D eigenvalue weighted by molar-refractivity contribution is 8.19. The fourth-order valence-corrected chi connectivity index (χ4v) is 3.63. The van der Waals surface area contributed by atoms with Crippen molar-refractivity contribution in [1.29, 1.82) is 0 Å². The molecule has 24 heavy (non-hydrogen) atoms. The third-order valence-electron chi connectivity index (χ3n) is 4.04. The molecule has 2 aromatic carbocycles. The van der Waals surface area contributed by atoms with Gasteiger partial charge in [-0.1, -0.05) is 37.3 Å². The summed E-state index contributed by atoms with van der Waals surface area (Å²) in [5.41, 5.74) is 9.71. The Hall–Kier alpha value is -2.53. The van der Waals surface area contributed by atoms with E-state index < -0.39 is 0 Å². The van der Waals surface area contributed by atoms with Crippen molar-refractivity contribution < 1.29 is 9.59 Å². The Labute approximate surface area is 145 Å². The first-order valence-corrected chi connectivity index (χ1v) is 8.55. The van der Waals surface area contributed by atoms with E-state index in [0.717, 1.165) is 34.9 Å². The summed E-state index contributed by atoms with van der Waals surface area (Å²) in [4.78, 5) is 27.1. The van der Waals surface area contributed by atoms with Gasteiger partial charge >= 0.3 is 0 Å². The number of benzene rings is 2. The van der Waals surface area contributed by atoms with Gasteiger partial charge in [0.2, 0.25) is 0 Å². The molecule has 0 aliphatic carbocycles. The number of carbonyl (C=O) groups is 2. The van der Waals surface area contributed by atoms with Crippen molar-refractivity contribution in [2.45, 2.75) is 20.3 Å². The minimum absolute atomic E-state index is 0.265. The highest BCUT2D eigenvalue weighted by Gasteiger charge is 2.38. The van der Waals surface area contributed by atoms with Gasteiger partial charge in [0.1, 0.15) is 0 Å². The summed E-state index contributed by atoms with van der Waals surface area (Å²) in [6.07, 6.45) is 0.755. The molecule has 4 nitrogen and oxygen atoms in total. The van der Waals surface area contributed by atoms with Crippen molar-refractivity contribution in [3.05, 3.63) is 64.6 Å². The molecule has 2 aromatic rings. The van der Waals surface area contributed by atoms with Gasteiger partial charge < -0.3 is 5.73 Å². The SMILES string of the molecule is CCc1ccccc1N1C(=O)S/C(=C(/C)c2cccc(N)c2)C1=O. The number of rotatable bonds is 3. The number of nitrogens with zero attached hydrogens (tertiary/aromatic N) is 1. The van der Waals surface area contributed by atoms with E-state index in [1.807, 2.05) is 56.3 Å². The number of amides is 2. The number of nitrogen functional groups attached to an aromatic ring is 1. The third-order valence-corrected chi connectivity index (χ3v) is 5.09. The molecule has 0 unspecified atom stereocenters. The van der Waals surface area contributed by atoms with Crippen LogP contribution in [0.4, 0.5) is 16.2 Å². The maximum absolute atomic E-state index is 12.9. The molecule has 5 heteroatoms. The number of hydrogen-bond donors (Lipinski definition) is 1. The second-order valence-corrected chi connectivity index (χ2v) is 6.53. The van der Waals surface area contributed by atoms with Gasteiger partial charge in [0.25, 0.3) is 11.1 Å². The van der Waals surface area contributed by atoms with Crippen LogP contribution < -0.4 is 10.6 Å². The molecule has 0 bridgehead atoms. The zero-order chi connectivity index (χ0) is 17.3. The lowest BCUT2D eigenvalue weighted by Crippen LogP contribution is -2.28. The van der Waals surface area contributed by atoms with Crippen LogP contribution in [0.2, 0.25) is 0 Å². The lowest BCUT2D eigenvalue weighted by Gasteiger charge is -2.16. The molecule has 3 rings (SSSR count). The molecule has 122 valence electrons. The van der Waals surface area contributed by atoms with E-state index in [1.165, 1.54) is 4.90 Å². The third kappa shape index (κ3) is 2.83. The molecule has 1 aliphatic heterocycles. The van der Waals surface area contributed by atoms with Gasteiger partial charge in [0, 0.05) is 5.69 Å². The summed E-state index contributed by atoms with van der Waals surface area (Å²) in [7, 11) is 0. The van der Waals surface area contributed by atoms with Gasteiger partial charge in [-0.25, -0.2) is 4.90 Å². The highest BCUT2D eigenvalue weighted by atomic mass is 32.2. The first kappa shape index (κ1) is 16.3. The van der Waals surface area contributed by atoms with Crippen LogP contribution in [0.15, 0.2) is 53.4 Å². The van der Waals surface area contributed by atoms with Crippen LogP contribution in [0.1, 0.15) is 25.0 Å². The summed E-state index contributed by atoms with van der Waals surface area (Å²) in [5.74, 6) is -0.272. The Bertz CT molecular complexity index is 858. The predicted molar refractivity (Wildman–Crippen MR) is 99.7 cm³/mol. The standard InChI is InChI=1S/C19H18N2O2S/c1-3-13-7-4-5-10-16(13)21-18(22)17(24-19(21)23)12(2)14-8-6-9-15(20)11-14/h4-11H,3,20H2,1-2H3/b17-12-. The summed E-state index contributed by atoms with van der Waals surface area (Å²) in [5, 5.41) is -0.265. The Morgan fingerprint density at radius 2 is 1.88 bits per heavy atom. The van der Waals surface area contributed by atoms with Crippen molar-refractivity contribution in [2.24, 2.45) is 0 Å². The molecule has 0 radical (unpaired) electrons. The number of anilines is 2. The van der Waals surface area contributed by atoms with Gasteiger partial charge in [0.05, 0.1) is 10.6 Å². The van der Waals surface area contributed by atoms with E-state index in [0.29, 0.717) is 16.3 Å². The topological polar surface area (TPSA) is 63.4 Å². The molecule has 0 aromatic heterocycles. The number of para-hydroxylation sites is 1. The van der Waals surface area contributed by atoms with Gasteiger partial charge in [-0.05, 0) is 60.0 Å². The number of allylic oxidation sites excluding steroid dienone is 1. The average molecular weight is 338 g/mol. The fourth-order valence-electron chi connectivity index (χ4n) is 2.74. The van der Waals surface area contributed by atoms with Crippen molar-refractivity contribution in [2.75, 3.05) is 10.6 Å². The van der Waals surface area contributed by atoms with Crippen molar-refractivity contribution in [3.8, 4) is 0 Å². The van der Waals surface area contributed by atoms with Gasteiger partial charge in [-0.3, -0.25) is 9.59 Å². The number of carbonyl (C=O) groups excluding carboxylic acids is 2. The summed E-state index contributed by atoms with van der Waals surface area (Å²) < 4.78 is 0. The summed E-state index contributed by atoms with van der Waals surface area (Å²) in [6.45, 7) is 3.85. The van der Waals surface area contributed by atoms with Crippen LogP contribution in [0.3, 0.4) is 0 Å². The predicted octanol–water partition coefficient (Wildman–Crippen LogP) is 4.46. The van der Waals surface area contributed by atoms with Crippen LogP contribution in [0.5, 0.6) is 0 Å². The second-order valence-electron chi connectivity index (χ2n) is 5.57. The smallest absolute Gasteiger partial charge is 0.298 e. The van der Waals surface area contributed by atoms with Crippen LogP contribution >= 0.6 is 11.8 Å². The normalized spacial score (nSPS) is 16.7. The van der Waals surface area contributed by atoms with Crippen molar-refractivity contribution in [3.63, 3.8) is 0 Å². The fraction of sp³-hybridized carbons (Fsp3) is 0.158. The molecule has 2 N–H and O–H groups in total. The highest BCUT2D eigenvalue weighted by Crippen LogP contribution is 2.40. The van der Waals surface area contributed by atoms with E-state index in [4.69, 9.17) is 5.73 Å². The number of imide groups is 1. The van der Waals surface area contributed by atoms with Crippen LogP contribution in [-0.2, 0) is 11.2 Å². The van der Waals surface area contributed by atoms with E-state index in [2.05, 4.69) is 0 Å². The maximum Gasteiger partial charge on any atom is 0.298 e. The molecule has 0 atom stereocenters. The molecular formula is C19H18N2O2S. The number of thioether (sulfide) groups is 1. The summed E-state index contributed by atoms with van der Waals surface area (Å²) in [6, 6.07) is 14.8. The molecule has 1 saturated heterocycles. The lowest BCUT2D eigenvalue weighted by molar-refractivity contribution is -0.113. The minimum atomic E-state index is -0.272. The molecule has 2 amide bonds. The van der Waals surface area contributed by atoms with Gasteiger partial charge in [0.15, 0.2) is 0 Å². The van der Waals surface area contributed by atoms with Gasteiger partial charge in [-0.15, -0.1) is 0 Å². The molecular weight excluding hydrogens is 320 g/mol. The van der Waals surface area contributed by atoms with Gasteiger partial charge in [-0.2, -0.15) is 0 Å².